The van der Waals surface area contributed by atoms with Crippen molar-refractivity contribution in [2.45, 2.75) is 43.5 Å². The first-order valence-corrected chi connectivity index (χ1v) is 15.7. The van der Waals surface area contributed by atoms with E-state index in [-0.39, 0.29) is 0 Å². The van der Waals surface area contributed by atoms with Gasteiger partial charge in [0.1, 0.15) is 0 Å². The fourth-order valence-electron chi connectivity index (χ4n) is 4.26. The van der Waals surface area contributed by atoms with E-state index >= 15 is 0 Å². The van der Waals surface area contributed by atoms with Crippen molar-refractivity contribution in [2.24, 2.45) is 7.05 Å². The molecule has 3 aromatic rings. The van der Waals surface area contributed by atoms with Crippen LogP contribution in [-0.4, -0.2) is 13.3 Å². The predicted octanol–water partition coefficient (Wildman–Crippen LogP) is 5.87. The van der Waals surface area contributed by atoms with Gasteiger partial charge in [-0.25, -0.2) is 0 Å². The molecule has 0 aliphatic carbocycles. The molecule has 2 heteroatoms. The molecule has 0 bridgehead atoms. The summed E-state index contributed by atoms with van der Waals surface area (Å²) in [5.74, 6) is 0. The molecule has 1 heterocycles. The third-order valence-electron chi connectivity index (χ3n) is 6.43. The first-order valence-electron chi connectivity index (χ1n) is 10.2. The van der Waals surface area contributed by atoms with Crippen molar-refractivity contribution in [3.8, 4) is 22.4 Å². The van der Waals surface area contributed by atoms with Crippen LogP contribution in [0.5, 0.6) is 0 Å². The average Bonchev–Trinajstić information content (AvgIpc) is 2.71. The fraction of sp³-hybridized carbons (Fsp3) is 0.320. The Morgan fingerprint density at radius 3 is 2.00 bits per heavy atom. The van der Waals surface area contributed by atoms with Crippen LogP contribution >= 0.6 is 0 Å². The average molecular weight is 419 g/mol. The van der Waals surface area contributed by atoms with E-state index in [1.165, 1.54) is 43.7 Å². The summed E-state index contributed by atoms with van der Waals surface area (Å²) in [5.41, 5.74) is 6.48. The van der Waals surface area contributed by atoms with Crippen LogP contribution in [0.4, 0.5) is 0 Å². The van der Waals surface area contributed by atoms with Crippen LogP contribution in [0.15, 0.2) is 66.9 Å². The molecule has 0 atom stereocenters. The molecule has 0 aliphatic rings. The molecule has 140 valence electrons. The third kappa shape index (κ3) is 3.89. The molecule has 2 aromatic carbocycles. The summed E-state index contributed by atoms with van der Waals surface area (Å²) in [5, 5.41) is 4.14. The Morgan fingerprint density at radius 1 is 0.778 bits per heavy atom. The van der Waals surface area contributed by atoms with E-state index in [4.69, 9.17) is 0 Å². The number of aryl methyl sites for hydroxylation is 2. The van der Waals surface area contributed by atoms with Gasteiger partial charge in [-0.05, 0) is 0 Å². The van der Waals surface area contributed by atoms with Crippen molar-refractivity contribution in [1.82, 2.24) is 0 Å². The summed E-state index contributed by atoms with van der Waals surface area (Å²) < 4.78 is 3.87. The zero-order valence-corrected chi connectivity index (χ0v) is 19.5. The molecule has 0 N–H and O–H groups in total. The fourth-order valence-corrected chi connectivity index (χ4v) is 11.8. The van der Waals surface area contributed by atoms with Crippen LogP contribution in [0.3, 0.4) is 0 Å². The Bertz CT molecular complexity index is 900. The van der Waals surface area contributed by atoms with Gasteiger partial charge in [0.2, 0.25) is 0 Å². The summed E-state index contributed by atoms with van der Waals surface area (Å²) in [4.78, 5) is 0. The molecular weight excluding hydrogens is 387 g/mol. The molecule has 0 aliphatic heterocycles. The Hall–Kier alpha value is -1.87. The normalized spacial score (nSPS) is 11.6. The number of hydrogen-bond acceptors (Lipinski definition) is 0. The minimum atomic E-state index is -1.87. The molecule has 27 heavy (non-hydrogen) atoms. The molecule has 0 amide bonds. The van der Waals surface area contributed by atoms with Crippen molar-refractivity contribution >= 4 is 17.7 Å². The van der Waals surface area contributed by atoms with E-state index in [9.17, 15) is 0 Å². The Balaban J connectivity index is 2.01. The van der Waals surface area contributed by atoms with Crippen molar-refractivity contribution in [3.63, 3.8) is 0 Å². The van der Waals surface area contributed by atoms with Crippen LogP contribution < -0.4 is 8.96 Å². The van der Waals surface area contributed by atoms with Crippen LogP contribution in [-0.2, 0) is 7.05 Å². The molecule has 3 rings (SSSR count). The number of pyridine rings is 1. The zero-order valence-electron chi connectivity index (χ0n) is 17.4. The van der Waals surface area contributed by atoms with Crippen LogP contribution in [0.1, 0.15) is 26.3 Å². The van der Waals surface area contributed by atoms with Crippen LogP contribution in [0.25, 0.3) is 22.4 Å². The first kappa shape index (κ1) is 19.9. The van der Waals surface area contributed by atoms with E-state index in [1.54, 1.807) is 4.40 Å². The van der Waals surface area contributed by atoms with Gasteiger partial charge in [0.25, 0.3) is 0 Å². The van der Waals surface area contributed by atoms with Crippen molar-refractivity contribution < 1.29 is 4.57 Å². The molecule has 1 nitrogen and oxygen atoms in total. The van der Waals surface area contributed by atoms with E-state index in [1.807, 2.05) is 0 Å². The van der Waals surface area contributed by atoms with Gasteiger partial charge in [-0.2, -0.15) is 0 Å². The SMILES string of the molecule is C[CH2][Ge]([CH2]C)([CH2]C)[c]1ccc(-c2cc[n+](C)c(-c3ccccc3C)c2)cc1. The van der Waals surface area contributed by atoms with Crippen molar-refractivity contribution in [3.05, 3.63) is 72.4 Å². The van der Waals surface area contributed by atoms with E-state index < -0.39 is 13.3 Å². The molecular formula is C25H32GeN+. The van der Waals surface area contributed by atoms with Gasteiger partial charge in [-0.15, -0.1) is 0 Å². The predicted molar refractivity (Wildman–Crippen MR) is 120 cm³/mol. The third-order valence-corrected chi connectivity index (χ3v) is 18.2. The van der Waals surface area contributed by atoms with Gasteiger partial charge in [-0.1, -0.05) is 0 Å². The second kappa shape index (κ2) is 8.43. The molecule has 0 unspecified atom stereocenters. The Kier molecular flexibility index (Phi) is 6.21. The summed E-state index contributed by atoms with van der Waals surface area (Å²) in [6.45, 7) is 9.37. The Labute approximate surface area is 167 Å². The standard InChI is InChI=1S/C25H32GeN/c1-6-26(7-2,8-3)23-15-13-21(14-16-23)22-17-18-27(5)25(19-22)24-12-10-9-11-20(24)4/h9-19H,6-8H2,1-5H3/q+1. The quantitative estimate of drug-likeness (QED) is 0.348. The van der Waals surface area contributed by atoms with Crippen LogP contribution in [0, 0.1) is 6.92 Å². The summed E-state index contributed by atoms with van der Waals surface area (Å²) in [6.07, 6.45) is 2.18. The summed E-state index contributed by atoms with van der Waals surface area (Å²) in [6, 6.07) is 22.7. The molecule has 0 saturated carbocycles. The topological polar surface area (TPSA) is 3.88 Å². The maximum atomic E-state index is 2.42. The van der Waals surface area contributed by atoms with Gasteiger partial charge in [0, 0.05) is 0 Å². The van der Waals surface area contributed by atoms with Gasteiger partial charge in [-0.3, -0.25) is 0 Å². The number of hydrogen-bond donors (Lipinski definition) is 0. The number of aromatic nitrogens is 1. The van der Waals surface area contributed by atoms with Gasteiger partial charge >= 0.3 is 168 Å². The number of benzene rings is 2. The van der Waals surface area contributed by atoms with Gasteiger partial charge in [0.15, 0.2) is 0 Å². The number of nitrogens with zero attached hydrogens (tertiary/aromatic N) is 1. The van der Waals surface area contributed by atoms with E-state index in [0.717, 1.165) is 0 Å². The monoisotopic (exact) mass is 420 g/mol. The first-order chi connectivity index (χ1) is 13.0. The molecule has 0 spiro atoms. The second-order valence-electron chi connectivity index (χ2n) is 7.64. The molecule has 1 aromatic heterocycles. The maximum absolute atomic E-state index is 2.42. The summed E-state index contributed by atoms with van der Waals surface area (Å²) >= 11 is -1.87. The zero-order chi connectivity index (χ0) is 19.4. The Morgan fingerprint density at radius 2 is 1.41 bits per heavy atom. The summed E-state index contributed by atoms with van der Waals surface area (Å²) in [7, 11) is 2.13. The van der Waals surface area contributed by atoms with Gasteiger partial charge in [0.05, 0.1) is 0 Å². The second-order valence-corrected chi connectivity index (χ2v) is 18.7. The molecule has 0 fully saturated rings. The van der Waals surface area contributed by atoms with Crippen molar-refractivity contribution in [1.29, 1.82) is 0 Å². The van der Waals surface area contributed by atoms with E-state index in [0.29, 0.717) is 0 Å². The molecule has 0 saturated heterocycles. The van der Waals surface area contributed by atoms with Gasteiger partial charge < -0.3 is 0 Å². The van der Waals surface area contributed by atoms with Crippen LogP contribution in [0.2, 0.25) is 15.8 Å². The molecule has 0 radical (unpaired) electrons. The van der Waals surface area contributed by atoms with E-state index in [2.05, 4.69) is 106 Å². The minimum absolute atomic E-state index is 1.26. The number of rotatable bonds is 6. The van der Waals surface area contributed by atoms with Crippen molar-refractivity contribution in [2.75, 3.05) is 0 Å².